The van der Waals surface area contributed by atoms with E-state index in [2.05, 4.69) is 36.5 Å². The maximum absolute atomic E-state index is 11.5. The van der Waals surface area contributed by atoms with E-state index >= 15 is 0 Å². The molecule has 1 rings (SSSR count). The molecule has 0 amide bonds. The Morgan fingerprint density at radius 2 is 2.07 bits per heavy atom. The van der Waals surface area contributed by atoms with Crippen molar-refractivity contribution in [3.05, 3.63) is 41.2 Å². The van der Waals surface area contributed by atoms with Crippen molar-refractivity contribution in [2.24, 2.45) is 11.8 Å². The van der Waals surface area contributed by atoms with E-state index in [1.165, 1.54) is 43.3 Å². The first-order chi connectivity index (χ1) is 13.4. The van der Waals surface area contributed by atoms with Gasteiger partial charge in [0.25, 0.3) is 5.79 Å². The molecule has 2 atom stereocenters. The van der Waals surface area contributed by atoms with Crippen LogP contribution in [0.4, 0.5) is 0 Å². The predicted molar refractivity (Wildman–Crippen MR) is 114 cm³/mol. The topological polar surface area (TPSA) is 66.8 Å². The molecule has 0 aromatic rings. The third-order valence-electron chi connectivity index (χ3n) is 5.58. The standard InChI is InChI=1S/C24H38O4/c1-5-7-8-9-10-11-14-20-18-17-19(3)22(20)16-13-12-15-21(6-2)24(26,27)23(25)28-4/h11,13-15,19,21,26-27H,5-10,16-18H2,1-4H3/b14-11+/t12?,19-,21?/m0/s1. The summed E-state index contributed by atoms with van der Waals surface area (Å²) in [6.45, 7) is 6.28. The SMILES string of the molecule is CCCCCC/C=C/C1=C(CC=C=CC(CC)C(O)(O)C(=O)OC)[C@@H](C)CC1. The van der Waals surface area contributed by atoms with Crippen LogP contribution in [0.15, 0.2) is 41.2 Å². The van der Waals surface area contributed by atoms with Crippen molar-refractivity contribution in [3.8, 4) is 0 Å². The number of allylic oxidation sites excluding steroid dienone is 4. The fraction of sp³-hybridized carbons (Fsp3) is 0.667. The first-order valence-corrected chi connectivity index (χ1v) is 10.7. The van der Waals surface area contributed by atoms with Gasteiger partial charge in [-0.25, -0.2) is 4.79 Å². The Morgan fingerprint density at radius 1 is 1.32 bits per heavy atom. The predicted octanol–water partition coefficient (Wildman–Crippen LogP) is 5.22. The molecule has 1 aliphatic rings. The molecule has 158 valence electrons. The van der Waals surface area contributed by atoms with Crippen LogP contribution in [0.2, 0.25) is 0 Å². The van der Waals surface area contributed by atoms with Crippen LogP contribution in [0, 0.1) is 11.8 Å². The molecule has 0 aliphatic heterocycles. The minimum atomic E-state index is -2.52. The van der Waals surface area contributed by atoms with Gasteiger partial charge in [-0.05, 0) is 62.2 Å². The van der Waals surface area contributed by atoms with Gasteiger partial charge in [0.15, 0.2) is 0 Å². The van der Waals surface area contributed by atoms with Crippen LogP contribution in [0.5, 0.6) is 0 Å². The van der Waals surface area contributed by atoms with Crippen LogP contribution < -0.4 is 0 Å². The summed E-state index contributed by atoms with van der Waals surface area (Å²) < 4.78 is 4.47. The van der Waals surface area contributed by atoms with E-state index in [0.29, 0.717) is 12.3 Å². The number of hydrogen-bond acceptors (Lipinski definition) is 4. The first-order valence-electron chi connectivity index (χ1n) is 10.7. The van der Waals surface area contributed by atoms with Gasteiger partial charge in [-0.3, -0.25) is 0 Å². The Balaban J connectivity index is 2.73. The molecule has 0 fully saturated rings. The smallest absolute Gasteiger partial charge is 0.366 e. The van der Waals surface area contributed by atoms with E-state index in [0.717, 1.165) is 26.4 Å². The average Bonchev–Trinajstić information content (AvgIpc) is 3.03. The molecule has 0 spiro atoms. The molecule has 2 N–H and O–H groups in total. The van der Waals surface area contributed by atoms with Gasteiger partial charge in [0.2, 0.25) is 0 Å². The summed E-state index contributed by atoms with van der Waals surface area (Å²) >= 11 is 0. The van der Waals surface area contributed by atoms with Gasteiger partial charge in [0, 0.05) is 5.92 Å². The quantitative estimate of drug-likeness (QED) is 0.207. The summed E-state index contributed by atoms with van der Waals surface area (Å²) in [4.78, 5) is 11.5. The molecular formula is C24H38O4. The summed E-state index contributed by atoms with van der Waals surface area (Å²) in [6.07, 6.45) is 17.8. The minimum absolute atomic E-state index is 0.397. The second kappa shape index (κ2) is 12.8. The van der Waals surface area contributed by atoms with Crippen molar-refractivity contribution in [1.29, 1.82) is 0 Å². The molecule has 0 saturated carbocycles. The Labute approximate surface area is 170 Å². The summed E-state index contributed by atoms with van der Waals surface area (Å²) in [5.41, 5.74) is 5.91. The fourth-order valence-electron chi connectivity index (χ4n) is 3.63. The Bertz CT molecular complexity index is 606. The van der Waals surface area contributed by atoms with Crippen LogP contribution in [0.25, 0.3) is 0 Å². The largest absolute Gasteiger partial charge is 0.465 e. The molecular weight excluding hydrogens is 352 g/mol. The van der Waals surface area contributed by atoms with Gasteiger partial charge >= 0.3 is 5.97 Å². The lowest BCUT2D eigenvalue weighted by atomic mass is 9.95. The van der Waals surface area contributed by atoms with Crippen LogP contribution in [0.3, 0.4) is 0 Å². The van der Waals surface area contributed by atoms with E-state index in [-0.39, 0.29) is 0 Å². The Kier molecular flexibility index (Phi) is 11.1. The molecule has 4 heteroatoms. The summed E-state index contributed by atoms with van der Waals surface area (Å²) in [6, 6.07) is 0. The van der Waals surface area contributed by atoms with Crippen molar-refractivity contribution in [2.75, 3.05) is 7.11 Å². The van der Waals surface area contributed by atoms with E-state index in [4.69, 9.17) is 0 Å². The third kappa shape index (κ3) is 7.43. The average molecular weight is 391 g/mol. The van der Waals surface area contributed by atoms with Crippen molar-refractivity contribution in [3.63, 3.8) is 0 Å². The Hall–Kier alpha value is -1.61. The second-order valence-electron chi connectivity index (χ2n) is 7.72. The van der Waals surface area contributed by atoms with Gasteiger partial charge in [0.1, 0.15) is 0 Å². The maximum Gasteiger partial charge on any atom is 0.366 e. The molecule has 0 aromatic heterocycles. The maximum atomic E-state index is 11.5. The molecule has 28 heavy (non-hydrogen) atoms. The number of ether oxygens (including phenoxy) is 1. The number of rotatable bonds is 12. The number of carbonyl (C=O) groups is 1. The zero-order valence-corrected chi connectivity index (χ0v) is 18.0. The van der Waals surface area contributed by atoms with Crippen LogP contribution in [-0.2, 0) is 9.53 Å². The first kappa shape index (κ1) is 24.4. The van der Waals surface area contributed by atoms with E-state index < -0.39 is 17.7 Å². The van der Waals surface area contributed by atoms with E-state index in [1.54, 1.807) is 13.0 Å². The number of unbranched alkanes of at least 4 members (excludes halogenated alkanes) is 4. The number of carbonyl (C=O) groups excluding carboxylic acids is 1. The fourth-order valence-corrected chi connectivity index (χ4v) is 3.63. The lowest BCUT2D eigenvalue weighted by Crippen LogP contribution is -2.45. The van der Waals surface area contributed by atoms with Gasteiger partial charge in [-0.1, -0.05) is 57.8 Å². The number of methoxy groups -OCH3 is 1. The zero-order chi connectivity index (χ0) is 21.0. The van der Waals surface area contributed by atoms with E-state index in [9.17, 15) is 15.0 Å². The molecule has 4 nitrogen and oxygen atoms in total. The van der Waals surface area contributed by atoms with Crippen molar-refractivity contribution < 1.29 is 19.7 Å². The lowest BCUT2D eigenvalue weighted by Gasteiger charge is -2.24. The monoisotopic (exact) mass is 390 g/mol. The van der Waals surface area contributed by atoms with Gasteiger partial charge < -0.3 is 14.9 Å². The minimum Gasteiger partial charge on any atom is -0.465 e. The summed E-state index contributed by atoms with van der Waals surface area (Å²) in [5, 5.41) is 20.0. The molecule has 0 radical (unpaired) electrons. The third-order valence-corrected chi connectivity index (χ3v) is 5.58. The van der Waals surface area contributed by atoms with Gasteiger partial charge in [0.05, 0.1) is 7.11 Å². The number of esters is 1. The van der Waals surface area contributed by atoms with Crippen LogP contribution in [-0.4, -0.2) is 29.1 Å². The highest BCUT2D eigenvalue weighted by Crippen LogP contribution is 2.34. The summed E-state index contributed by atoms with van der Waals surface area (Å²) in [7, 11) is 1.14. The summed E-state index contributed by atoms with van der Waals surface area (Å²) in [5.74, 6) is -3.76. The van der Waals surface area contributed by atoms with Gasteiger partial charge in [-0.2, -0.15) is 0 Å². The highest BCUT2D eigenvalue weighted by atomic mass is 16.6. The van der Waals surface area contributed by atoms with Crippen molar-refractivity contribution >= 4 is 5.97 Å². The number of aliphatic hydroxyl groups is 2. The lowest BCUT2D eigenvalue weighted by molar-refractivity contribution is -0.219. The van der Waals surface area contributed by atoms with Crippen molar-refractivity contribution in [2.45, 2.75) is 84.3 Å². The highest BCUT2D eigenvalue weighted by molar-refractivity contribution is 5.77. The molecule has 0 bridgehead atoms. The zero-order valence-electron chi connectivity index (χ0n) is 18.0. The van der Waals surface area contributed by atoms with Crippen molar-refractivity contribution in [1.82, 2.24) is 0 Å². The molecule has 0 aromatic carbocycles. The van der Waals surface area contributed by atoms with Crippen LogP contribution >= 0.6 is 0 Å². The van der Waals surface area contributed by atoms with Gasteiger partial charge in [-0.15, -0.1) is 5.73 Å². The molecule has 1 aliphatic carbocycles. The Morgan fingerprint density at radius 3 is 2.71 bits per heavy atom. The number of hydrogen-bond donors (Lipinski definition) is 2. The molecule has 1 unspecified atom stereocenters. The molecule has 0 saturated heterocycles. The second-order valence-corrected chi connectivity index (χ2v) is 7.72. The molecule has 0 heterocycles. The highest BCUT2D eigenvalue weighted by Gasteiger charge is 2.41. The van der Waals surface area contributed by atoms with E-state index in [1.807, 2.05) is 6.08 Å². The normalized spacial score (nSPS) is 18.3. The van der Waals surface area contributed by atoms with Crippen LogP contribution in [0.1, 0.15) is 78.6 Å².